The molecule has 0 aliphatic carbocycles. The zero-order valence-corrected chi connectivity index (χ0v) is 11.2. The zero-order chi connectivity index (χ0) is 13.5. The summed E-state index contributed by atoms with van der Waals surface area (Å²) in [4.78, 5) is 0.266. The van der Waals surface area contributed by atoms with Crippen molar-refractivity contribution >= 4 is 10.8 Å². The van der Waals surface area contributed by atoms with Crippen molar-refractivity contribution in [3.8, 4) is 5.75 Å². The van der Waals surface area contributed by atoms with Crippen LogP contribution < -0.4 is 4.74 Å². The van der Waals surface area contributed by atoms with Gasteiger partial charge in [0.1, 0.15) is 11.6 Å². The lowest BCUT2D eigenvalue weighted by molar-refractivity contribution is 0.318. The molecule has 2 aromatic rings. The third-order valence-electron chi connectivity index (χ3n) is 2.57. The third kappa shape index (κ3) is 4.17. The van der Waals surface area contributed by atoms with Crippen LogP contribution >= 0.6 is 0 Å². The molecule has 2 aromatic carbocycles. The molecule has 0 saturated heterocycles. The molecule has 0 aromatic heterocycles. The fourth-order valence-electron chi connectivity index (χ4n) is 1.64. The summed E-state index contributed by atoms with van der Waals surface area (Å²) in [7, 11) is -1.31. The summed E-state index contributed by atoms with van der Waals surface area (Å²) < 4.78 is 30.8. The molecule has 0 bridgehead atoms. The number of halogens is 1. The highest BCUT2D eigenvalue weighted by Gasteiger charge is 2.08. The molecule has 19 heavy (non-hydrogen) atoms. The van der Waals surface area contributed by atoms with E-state index in [-0.39, 0.29) is 4.90 Å². The highest BCUT2D eigenvalue weighted by Crippen LogP contribution is 2.13. The van der Waals surface area contributed by atoms with Crippen molar-refractivity contribution in [1.29, 1.82) is 0 Å². The Morgan fingerprint density at radius 2 is 1.68 bits per heavy atom. The van der Waals surface area contributed by atoms with Crippen LogP contribution in [0.25, 0.3) is 0 Å². The average Bonchev–Trinajstić information content (AvgIpc) is 2.45. The van der Waals surface area contributed by atoms with Gasteiger partial charge in [0.25, 0.3) is 0 Å². The number of benzene rings is 2. The number of ether oxygens (including phenoxy) is 1. The lowest BCUT2D eigenvalue weighted by Crippen LogP contribution is -2.06. The molecule has 0 fully saturated rings. The predicted molar refractivity (Wildman–Crippen MR) is 74.2 cm³/mol. The Morgan fingerprint density at radius 1 is 1.00 bits per heavy atom. The summed E-state index contributed by atoms with van der Waals surface area (Å²) in [5.74, 6) is 0.775. The van der Waals surface area contributed by atoms with E-state index in [1.165, 1.54) is 6.07 Å². The Labute approximate surface area is 114 Å². The molecule has 2 nitrogen and oxygen atoms in total. The van der Waals surface area contributed by atoms with Gasteiger partial charge >= 0.3 is 0 Å². The van der Waals surface area contributed by atoms with Crippen molar-refractivity contribution in [2.75, 3.05) is 12.4 Å². The molecule has 1 atom stereocenters. The molecule has 0 spiro atoms. The summed E-state index contributed by atoms with van der Waals surface area (Å²) in [5.41, 5.74) is 0. The van der Waals surface area contributed by atoms with Crippen LogP contribution in [0.2, 0.25) is 0 Å². The van der Waals surface area contributed by atoms with Crippen LogP contribution in [0.1, 0.15) is 6.42 Å². The van der Waals surface area contributed by atoms with Crippen LogP contribution in [-0.4, -0.2) is 16.6 Å². The molecule has 0 heterocycles. The molecule has 2 rings (SSSR count). The largest absolute Gasteiger partial charge is 0.494 e. The first-order valence-electron chi connectivity index (χ1n) is 6.08. The van der Waals surface area contributed by atoms with Crippen molar-refractivity contribution in [3.63, 3.8) is 0 Å². The van der Waals surface area contributed by atoms with Crippen molar-refractivity contribution in [3.05, 3.63) is 60.4 Å². The SMILES string of the molecule is O=S(CCCOc1ccccc1)c1ccccc1F. The zero-order valence-electron chi connectivity index (χ0n) is 10.4. The van der Waals surface area contributed by atoms with E-state index in [1.54, 1.807) is 18.2 Å². The maximum Gasteiger partial charge on any atom is 0.139 e. The highest BCUT2D eigenvalue weighted by molar-refractivity contribution is 7.85. The summed E-state index contributed by atoms with van der Waals surface area (Å²) in [6.45, 7) is 0.476. The topological polar surface area (TPSA) is 26.3 Å². The van der Waals surface area contributed by atoms with Gasteiger partial charge in [-0.15, -0.1) is 0 Å². The lowest BCUT2D eigenvalue weighted by Gasteiger charge is -2.06. The Morgan fingerprint density at radius 3 is 2.42 bits per heavy atom. The summed E-state index contributed by atoms with van der Waals surface area (Å²) >= 11 is 0. The van der Waals surface area contributed by atoms with Gasteiger partial charge in [-0.2, -0.15) is 0 Å². The minimum Gasteiger partial charge on any atom is -0.494 e. The van der Waals surface area contributed by atoms with Gasteiger partial charge in [-0.05, 0) is 30.7 Å². The Bertz CT molecular complexity index is 543. The fourth-order valence-corrected chi connectivity index (χ4v) is 2.75. The molecule has 0 radical (unpaired) electrons. The normalized spacial score (nSPS) is 12.1. The summed E-state index contributed by atoms with van der Waals surface area (Å²) in [5, 5.41) is 0. The lowest BCUT2D eigenvalue weighted by atomic mass is 10.3. The molecular formula is C15H15FO2S. The van der Waals surface area contributed by atoms with Gasteiger partial charge in [-0.3, -0.25) is 4.21 Å². The van der Waals surface area contributed by atoms with Gasteiger partial charge in [0.2, 0.25) is 0 Å². The predicted octanol–water partition coefficient (Wildman–Crippen LogP) is 3.40. The van der Waals surface area contributed by atoms with Crippen LogP contribution in [-0.2, 0) is 10.8 Å². The van der Waals surface area contributed by atoms with E-state index in [0.29, 0.717) is 18.8 Å². The van der Waals surface area contributed by atoms with Crippen molar-refractivity contribution in [2.45, 2.75) is 11.3 Å². The second-order valence-electron chi connectivity index (χ2n) is 4.00. The first-order chi connectivity index (χ1) is 9.27. The summed E-state index contributed by atoms with van der Waals surface area (Å²) in [6, 6.07) is 15.6. The van der Waals surface area contributed by atoms with Gasteiger partial charge in [-0.1, -0.05) is 30.3 Å². The summed E-state index contributed by atoms with van der Waals surface area (Å²) in [6.07, 6.45) is 0.621. The molecule has 0 aliphatic heterocycles. The number of hydrogen-bond donors (Lipinski definition) is 0. The minimum absolute atomic E-state index is 0.266. The molecule has 1 unspecified atom stereocenters. The minimum atomic E-state index is -1.31. The van der Waals surface area contributed by atoms with Crippen molar-refractivity contribution in [2.24, 2.45) is 0 Å². The van der Waals surface area contributed by atoms with Crippen LogP contribution in [0.5, 0.6) is 5.75 Å². The molecule has 0 saturated carbocycles. The molecule has 4 heteroatoms. The van der Waals surface area contributed by atoms with Crippen LogP contribution in [0, 0.1) is 5.82 Å². The van der Waals surface area contributed by atoms with E-state index in [2.05, 4.69) is 0 Å². The average molecular weight is 278 g/mol. The maximum absolute atomic E-state index is 13.4. The molecule has 0 aliphatic rings. The second kappa shape index (κ2) is 7.04. The van der Waals surface area contributed by atoms with E-state index >= 15 is 0 Å². The third-order valence-corrected chi connectivity index (χ3v) is 4.05. The number of para-hydroxylation sites is 1. The maximum atomic E-state index is 13.4. The molecule has 0 amide bonds. The van der Waals surface area contributed by atoms with E-state index in [0.717, 1.165) is 5.75 Å². The first kappa shape index (κ1) is 13.7. The van der Waals surface area contributed by atoms with E-state index in [4.69, 9.17) is 4.74 Å². The van der Waals surface area contributed by atoms with Crippen LogP contribution in [0.3, 0.4) is 0 Å². The quantitative estimate of drug-likeness (QED) is 0.757. The van der Waals surface area contributed by atoms with Crippen molar-refractivity contribution < 1.29 is 13.3 Å². The van der Waals surface area contributed by atoms with Crippen LogP contribution in [0.15, 0.2) is 59.5 Å². The van der Waals surface area contributed by atoms with E-state index in [9.17, 15) is 8.60 Å². The first-order valence-corrected chi connectivity index (χ1v) is 7.40. The molecule has 100 valence electrons. The Hall–Kier alpha value is -1.68. The second-order valence-corrected chi connectivity index (χ2v) is 5.53. The number of rotatable bonds is 6. The highest BCUT2D eigenvalue weighted by atomic mass is 32.2. The molecule has 0 N–H and O–H groups in total. The fraction of sp³-hybridized carbons (Fsp3) is 0.200. The monoisotopic (exact) mass is 278 g/mol. The number of hydrogen-bond acceptors (Lipinski definition) is 2. The van der Waals surface area contributed by atoms with Gasteiger partial charge in [-0.25, -0.2) is 4.39 Å². The van der Waals surface area contributed by atoms with E-state index < -0.39 is 16.6 Å². The smallest absolute Gasteiger partial charge is 0.139 e. The van der Waals surface area contributed by atoms with Gasteiger partial charge in [0.05, 0.1) is 22.3 Å². The standard InChI is InChI=1S/C15H15FO2S/c16-14-9-4-5-10-15(14)19(17)12-6-11-18-13-7-2-1-3-8-13/h1-5,7-10H,6,11-12H2. The van der Waals surface area contributed by atoms with Crippen LogP contribution in [0.4, 0.5) is 4.39 Å². The van der Waals surface area contributed by atoms with Gasteiger partial charge in [0, 0.05) is 5.75 Å². The Balaban J connectivity index is 1.77. The van der Waals surface area contributed by atoms with E-state index in [1.807, 2.05) is 30.3 Å². The molecular weight excluding hydrogens is 263 g/mol. The van der Waals surface area contributed by atoms with Gasteiger partial charge in [0.15, 0.2) is 0 Å². The van der Waals surface area contributed by atoms with Gasteiger partial charge < -0.3 is 4.74 Å². The Kier molecular flexibility index (Phi) is 5.10. The van der Waals surface area contributed by atoms with Crippen molar-refractivity contribution in [1.82, 2.24) is 0 Å².